The van der Waals surface area contributed by atoms with E-state index in [0.29, 0.717) is 0 Å². The van der Waals surface area contributed by atoms with Gasteiger partial charge in [0.25, 0.3) is 5.79 Å². The van der Waals surface area contributed by atoms with Gasteiger partial charge in [0, 0.05) is 50.1 Å². The van der Waals surface area contributed by atoms with Crippen LogP contribution in [0.15, 0.2) is 301 Å². The van der Waals surface area contributed by atoms with Crippen molar-refractivity contribution in [1.29, 1.82) is 0 Å². The third-order valence-corrected chi connectivity index (χ3v) is 53.3. The lowest BCUT2D eigenvalue weighted by atomic mass is 10.0. The highest BCUT2D eigenvalue weighted by atomic mass is 28.5. The summed E-state index contributed by atoms with van der Waals surface area (Å²) in [6.45, 7) is 48.7. The first-order valence-electron chi connectivity index (χ1n) is 41.9. The summed E-state index contributed by atoms with van der Waals surface area (Å²) < 4.78 is 30.7. The van der Waals surface area contributed by atoms with Crippen molar-refractivity contribution in [3.05, 3.63) is 336 Å². The Bertz CT molecular complexity index is 5530. The van der Waals surface area contributed by atoms with Crippen LogP contribution in [0.4, 0.5) is 0 Å². The number of hydrogen-bond acceptors (Lipinski definition) is 8. The van der Waals surface area contributed by atoms with Crippen molar-refractivity contribution in [1.82, 2.24) is 19.5 Å². The minimum Gasteiger partial charge on any atom is -0.437 e. The van der Waals surface area contributed by atoms with Crippen LogP contribution in [0.2, 0.25) is 129 Å². The van der Waals surface area contributed by atoms with Crippen LogP contribution in [0, 0.1) is 34.6 Å². The zero-order chi connectivity index (χ0) is 84.2. The number of H-pyrrole nitrogens is 1. The molecular formula is C100H120N6O4Si8. The molecule has 0 fully saturated rings. The molecule has 0 spiro atoms. The number of nitrogens with one attached hydrogen (secondary N) is 1. The summed E-state index contributed by atoms with van der Waals surface area (Å²) in [6.07, 6.45) is 0. The van der Waals surface area contributed by atoms with E-state index in [-0.39, 0.29) is 0 Å². The summed E-state index contributed by atoms with van der Waals surface area (Å²) in [5.74, 6) is 0.422. The molecule has 0 aliphatic carbocycles. The summed E-state index contributed by atoms with van der Waals surface area (Å²) in [7, 11) is -16.8. The largest absolute Gasteiger partial charge is 0.437 e. The Kier molecular flexibility index (Phi) is 25.8. The number of aliphatic imine (C=N–C) groups is 2. The summed E-state index contributed by atoms with van der Waals surface area (Å²) in [4.78, 5) is 26.3. The fourth-order valence-corrected chi connectivity index (χ4v) is 55.2. The smallest absolute Gasteiger partial charge is 0.311 e. The Morgan fingerprint density at radius 1 is 0.305 bits per heavy atom. The predicted molar refractivity (Wildman–Crippen MR) is 521 cm³/mol. The molecule has 13 aromatic rings. The standard InChI is InChI=1S/C61H68N4O2Si4.C39H52N2O2Si4/c1-45-32-36-53(37-33-45)61(63-56(48-24-16-12-17-25-48)57(64-61)49-26-18-13-19-27-49)65-59(51-30-22-15-23-31-51)58(50-28-20-14-21-29-50)62-60(65)52-34-38-54(39-35-52)68(4,5)40-41-69(6,7)66-71(10,11)67-70(8,9)55-43-46(2)42-47(3)44-55;1-30-27-31(2)29-36(28-30)46(7,8)43-47(9,10)42-45(5,6)26-25-44(3,4)35-23-21-34(22-24-35)39-40-37(32-17-13-11-14-18-32)38(41-39)33-19-15-12-16-20-33/h12-39,42-44H,40-41H2,1-11H3;11-24,27-29H,25-26H2,1-10H3,(H,40,41). The molecule has 118 heavy (non-hydrogen) atoms. The lowest BCUT2D eigenvalue weighted by Gasteiger charge is -2.40. The van der Waals surface area contributed by atoms with Gasteiger partial charge in [-0.3, -0.25) is 4.57 Å². The van der Waals surface area contributed by atoms with E-state index in [4.69, 9.17) is 36.4 Å². The van der Waals surface area contributed by atoms with Gasteiger partial charge in [-0.15, -0.1) is 0 Å². The molecule has 0 radical (unpaired) electrons. The Morgan fingerprint density at radius 3 is 1.04 bits per heavy atom. The van der Waals surface area contributed by atoms with Crippen LogP contribution in [0.1, 0.15) is 44.5 Å². The molecule has 1 aliphatic heterocycles. The third-order valence-electron chi connectivity index (χ3n) is 22.8. The number of imidazole rings is 2. The van der Waals surface area contributed by atoms with E-state index in [2.05, 4.69) is 434 Å². The van der Waals surface area contributed by atoms with Crippen LogP contribution in [0.25, 0.3) is 67.8 Å². The Hall–Kier alpha value is -9.24. The van der Waals surface area contributed by atoms with E-state index in [0.717, 1.165) is 114 Å². The SMILES string of the molecule is Cc1cc(C)cc([Si](C)(C)O[Si](C)(C)O[Si](C)(C)CC[Si](C)(C)c2ccc(-c3nc(-c4ccccc4)c(-c4ccccc4)[nH]3)cc2)c1.Cc1ccc(C2(n3c(-c4ccc([Si](C)(C)CC[Si](C)(C)O[Si](C)(C)O[Si](C)(C)c5cc(C)cc(C)c5)cc4)nc(-c4ccccc4)c3-c3ccccc3)N=C(c3ccccc3)C(c3ccccc3)=N2)cc1. The van der Waals surface area contributed by atoms with Gasteiger partial charge in [0.05, 0.1) is 50.3 Å². The van der Waals surface area contributed by atoms with Crippen molar-refractivity contribution >= 4 is 98.7 Å². The molecule has 11 aromatic carbocycles. The van der Waals surface area contributed by atoms with Gasteiger partial charge < -0.3 is 21.4 Å². The lowest BCUT2D eigenvalue weighted by molar-refractivity contribution is 0.393. The van der Waals surface area contributed by atoms with Crippen molar-refractivity contribution in [2.45, 2.75) is 169 Å². The Labute approximate surface area is 712 Å². The van der Waals surface area contributed by atoms with Crippen LogP contribution in [0.3, 0.4) is 0 Å². The van der Waals surface area contributed by atoms with E-state index >= 15 is 0 Å². The molecule has 1 N–H and O–H groups in total. The molecule has 0 atom stereocenters. The van der Waals surface area contributed by atoms with Crippen molar-refractivity contribution in [2.75, 3.05) is 0 Å². The van der Waals surface area contributed by atoms with Gasteiger partial charge in [0.2, 0.25) is 16.6 Å². The maximum absolute atomic E-state index is 7.20. The average molecular weight is 1690 g/mol. The lowest BCUT2D eigenvalue weighted by Crippen LogP contribution is -2.57. The van der Waals surface area contributed by atoms with E-state index < -0.39 is 72.3 Å². The predicted octanol–water partition coefficient (Wildman–Crippen LogP) is 24.4. The fourth-order valence-electron chi connectivity index (χ4n) is 17.0. The minimum absolute atomic E-state index is 0.796. The van der Waals surface area contributed by atoms with Gasteiger partial charge in [0.15, 0.2) is 16.6 Å². The minimum atomic E-state index is -2.45. The Balaban J connectivity index is 0.000000223. The van der Waals surface area contributed by atoms with Gasteiger partial charge in [-0.05, 0) is 136 Å². The second kappa shape index (κ2) is 35.2. The molecule has 0 bridgehead atoms. The zero-order valence-electron chi connectivity index (χ0n) is 73.4. The summed E-state index contributed by atoms with van der Waals surface area (Å²) in [5, 5.41) is 5.58. The number of aromatic nitrogens is 4. The molecule has 10 nitrogen and oxygen atoms in total. The molecule has 0 saturated carbocycles. The average Bonchev–Trinajstić information content (AvgIpc) is 1.54. The summed E-state index contributed by atoms with van der Waals surface area (Å²) in [6, 6.07) is 109. The number of aromatic amines is 1. The van der Waals surface area contributed by atoms with Gasteiger partial charge in [-0.25, -0.2) is 20.0 Å². The van der Waals surface area contributed by atoms with Crippen molar-refractivity contribution in [3.63, 3.8) is 0 Å². The van der Waals surface area contributed by atoms with Crippen LogP contribution < -0.4 is 20.7 Å². The second-order valence-electron chi connectivity index (χ2n) is 36.8. The third kappa shape index (κ3) is 20.6. The molecule has 3 heterocycles. The normalized spacial score (nSPS) is 13.6. The number of hydrogen-bond donors (Lipinski definition) is 1. The molecule has 0 amide bonds. The van der Waals surface area contributed by atoms with E-state index in [1.54, 1.807) is 0 Å². The van der Waals surface area contributed by atoms with Crippen molar-refractivity contribution in [3.8, 4) is 67.8 Å². The first-order chi connectivity index (χ1) is 55.9. The molecule has 2 aromatic heterocycles. The summed E-state index contributed by atoms with van der Waals surface area (Å²) >= 11 is 0. The van der Waals surface area contributed by atoms with Crippen LogP contribution in [-0.4, -0.2) is 97.5 Å². The molecule has 18 heteroatoms. The molecular weight excluding hydrogens is 1570 g/mol. The highest BCUT2D eigenvalue weighted by molar-refractivity contribution is 6.96. The second-order valence-corrected chi connectivity index (χ2v) is 70.6. The molecule has 0 unspecified atom stereocenters. The van der Waals surface area contributed by atoms with Gasteiger partial charge in [-0.2, -0.15) is 0 Å². The number of benzene rings is 11. The zero-order valence-corrected chi connectivity index (χ0v) is 81.4. The van der Waals surface area contributed by atoms with Gasteiger partial charge in [-0.1, -0.05) is 368 Å². The molecule has 1 aliphatic rings. The maximum Gasteiger partial charge on any atom is 0.311 e. The molecule has 606 valence electrons. The van der Waals surface area contributed by atoms with E-state index in [1.165, 1.54) is 54.6 Å². The summed E-state index contributed by atoms with van der Waals surface area (Å²) in [5.41, 5.74) is 21.2. The van der Waals surface area contributed by atoms with Gasteiger partial charge >= 0.3 is 17.1 Å². The fraction of sp³-hybridized carbons (Fsp3) is 0.260. The number of aryl methyl sites for hydroxylation is 5. The van der Waals surface area contributed by atoms with Gasteiger partial charge in [0.1, 0.15) is 11.6 Å². The van der Waals surface area contributed by atoms with E-state index in [9.17, 15) is 0 Å². The highest BCUT2D eigenvalue weighted by Crippen LogP contribution is 2.47. The topological polar surface area (TPSA) is 108 Å². The van der Waals surface area contributed by atoms with E-state index in [1.807, 2.05) is 6.07 Å². The molecule has 0 saturated heterocycles. The van der Waals surface area contributed by atoms with Crippen molar-refractivity contribution < 1.29 is 16.5 Å². The first-order valence-corrected chi connectivity index (χ1v) is 66.0. The Morgan fingerprint density at radius 2 is 0.653 bits per heavy atom. The maximum atomic E-state index is 7.20. The first kappa shape index (κ1) is 86.6. The van der Waals surface area contributed by atoms with Crippen molar-refractivity contribution in [2.24, 2.45) is 9.98 Å². The van der Waals surface area contributed by atoms with Crippen LogP contribution in [-0.2, 0) is 22.2 Å². The number of rotatable bonds is 28. The number of nitrogens with zero attached hydrogens (tertiary/aromatic N) is 5. The molecule has 14 rings (SSSR count). The monoisotopic (exact) mass is 1690 g/mol. The van der Waals surface area contributed by atoms with Crippen LogP contribution in [0.5, 0.6) is 0 Å². The van der Waals surface area contributed by atoms with Crippen LogP contribution >= 0.6 is 0 Å². The highest BCUT2D eigenvalue weighted by Gasteiger charge is 2.47. The quantitative estimate of drug-likeness (QED) is 0.0490.